The number of nitrogen functional groups attached to an aromatic ring is 1. The maximum atomic E-state index is 12.2. The first-order valence-corrected chi connectivity index (χ1v) is 8.07. The Morgan fingerprint density at radius 3 is 2.86 bits per heavy atom. The fourth-order valence-corrected chi connectivity index (χ4v) is 2.79. The number of aromatic amines is 1. The van der Waals surface area contributed by atoms with Gasteiger partial charge in [0.1, 0.15) is 0 Å². The third-order valence-electron chi connectivity index (χ3n) is 2.99. The molecule has 0 unspecified atom stereocenters. The molecule has 0 radical (unpaired) electrons. The van der Waals surface area contributed by atoms with Crippen molar-refractivity contribution in [2.75, 3.05) is 18.1 Å². The van der Waals surface area contributed by atoms with E-state index in [1.807, 2.05) is 24.3 Å². The standard InChI is InChI=1S/C13H15N5OS3/c1-18(12(20)15-11-16-17-13(21)22-11)10(19)7-6-8-4-2-3-5-9(8)14/h2-5H,6-7,14H2,1H3,(H,17,21)(H,15,16,20). The molecule has 22 heavy (non-hydrogen) atoms. The van der Waals surface area contributed by atoms with Gasteiger partial charge in [-0.15, -0.1) is 5.10 Å². The number of aryl methyl sites for hydroxylation is 1. The summed E-state index contributed by atoms with van der Waals surface area (Å²) < 4.78 is 0.541. The van der Waals surface area contributed by atoms with Crippen LogP contribution >= 0.6 is 35.8 Å². The van der Waals surface area contributed by atoms with Crippen LogP contribution in [0.1, 0.15) is 12.0 Å². The van der Waals surface area contributed by atoms with Gasteiger partial charge in [-0.1, -0.05) is 29.5 Å². The Morgan fingerprint density at radius 2 is 2.23 bits per heavy atom. The van der Waals surface area contributed by atoms with Crippen LogP contribution in [0.25, 0.3) is 0 Å². The first kappa shape index (κ1) is 16.5. The third-order valence-corrected chi connectivity index (χ3v) is 4.37. The Labute approximate surface area is 142 Å². The van der Waals surface area contributed by atoms with Gasteiger partial charge in [0.15, 0.2) is 9.07 Å². The zero-order valence-electron chi connectivity index (χ0n) is 11.8. The van der Waals surface area contributed by atoms with Crippen molar-refractivity contribution in [3.63, 3.8) is 0 Å². The minimum atomic E-state index is -0.0973. The second kappa shape index (κ2) is 7.43. The number of hydrogen-bond acceptors (Lipinski definition) is 6. The van der Waals surface area contributed by atoms with Crippen LogP contribution in [0.4, 0.5) is 10.8 Å². The van der Waals surface area contributed by atoms with Crippen molar-refractivity contribution in [2.24, 2.45) is 0 Å². The lowest BCUT2D eigenvalue weighted by molar-refractivity contribution is -0.126. The summed E-state index contributed by atoms with van der Waals surface area (Å²) >= 11 is 11.4. The van der Waals surface area contributed by atoms with Crippen LogP contribution in [0.3, 0.4) is 0 Å². The van der Waals surface area contributed by atoms with Crippen LogP contribution in [0.5, 0.6) is 0 Å². The summed E-state index contributed by atoms with van der Waals surface area (Å²) in [4.78, 5) is 13.6. The number of aromatic nitrogens is 2. The quantitative estimate of drug-likeness (QED) is 0.578. The molecule has 0 atom stereocenters. The van der Waals surface area contributed by atoms with Gasteiger partial charge in [-0.25, -0.2) is 0 Å². The van der Waals surface area contributed by atoms with Gasteiger partial charge in [0.25, 0.3) is 0 Å². The summed E-state index contributed by atoms with van der Waals surface area (Å²) in [6, 6.07) is 7.50. The van der Waals surface area contributed by atoms with Gasteiger partial charge >= 0.3 is 0 Å². The molecule has 2 rings (SSSR count). The molecule has 0 bridgehead atoms. The lowest BCUT2D eigenvalue weighted by Gasteiger charge is -2.18. The summed E-state index contributed by atoms with van der Waals surface area (Å²) in [6.45, 7) is 0. The molecule has 0 saturated carbocycles. The van der Waals surface area contributed by atoms with Gasteiger partial charge in [0.2, 0.25) is 11.0 Å². The average molecular weight is 353 g/mol. The Hall–Kier alpha value is -1.84. The zero-order valence-corrected chi connectivity index (χ0v) is 14.3. The lowest BCUT2D eigenvalue weighted by Crippen LogP contribution is -2.36. The predicted molar refractivity (Wildman–Crippen MR) is 95.5 cm³/mol. The molecular formula is C13H15N5OS3. The molecule has 0 aliphatic rings. The van der Waals surface area contributed by atoms with Gasteiger partial charge < -0.3 is 11.1 Å². The molecule has 1 heterocycles. The fourth-order valence-electron chi connectivity index (χ4n) is 1.74. The average Bonchev–Trinajstić information content (AvgIpc) is 2.90. The van der Waals surface area contributed by atoms with E-state index in [0.717, 1.165) is 5.56 Å². The number of para-hydroxylation sites is 1. The van der Waals surface area contributed by atoms with Crippen molar-refractivity contribution < 1.29 is 4.79 Å². The van der Waals surface area contributed by atoms with E-state index in [2.05, 4.69) is 15.5 Å². The Morgan fingerprint density at radius 1 is 1.50 bits per heavy atom. The van der Waals surface area contributed by atoms with Gasteiger partial charge in [0.05, 0.1) is 0 Å². The molecular weight excluding hydrogens is 338 g/mol. The molecule has 1 amide bonds. The first-order chi connectivity index (χ1) is 10.5. The SMILES string of the molecule is CN(C(=O)CCc1ccccc1N)C(=S)Nc1n[nH]c(=S)s1. The van der Waals surface area contributed by atoms with Crippen molar-refractivity contribution in [3.8, 4) is 0 Å². The van der Waals surface area contributed by atoms with Crippen molar-refractivity contribution in [2.45, 2.75) is 12.8 Å². The molecule has 0 aliphatic heterocycles. The number of thiocarbonyl (C=S) groups is 1. The highest BCUT2D eigenvalue weighted by molar-refractivity contribution is 7.80. The van der Waals surface area contributed by atoms with Crippen LogP contribution in [0.15, 0.2) is 24.3 Å². The monoisotopic (exact) mass is 353 g/mol. The highest BCUT2D eigenvalue weighted by Crippen LogP contribution is 2.14. The summed E-state index contributed by atoms with van der Waals surface area (Å²) in [7, 11) is 1.62. The molecule has 9 heteroatoms. The van der Waals surface area contributed by atoms with Gasteiger partial charge in [-0.2, -0.15) is 0 Å². The number of nitrogens with two attached hydrogens (primary N) is 1. The van der Waals surface area contributed by atoms with Crippen molar-refractivity contribution in [3.05, 3.63) is 33.8 Å². The molecule has 1 aromatic carbocycles. The van der Waals surface area contributed by atoms with Crippen LogP contribution in [0.2, 0.25) is 0 Å². The summed E-state index contributed by atoms with van der Waals surface area (Å²) in [5, 5.41) is 10.3. The van der Waals surface area contributed by atoms with E-state index >= 15 is 0 Å². The number of anilines is 2. The molecule has 0 fully saturated rings. The molecule has 4 N–H and O–H groups in total. The topological polar surface area (TPSA) is 87.0 Å². The lowest BCUT2D eigenvalue weighted by atomic mass is 10.1. The molecule has 0 saturated heterocycles. The number of nitrogens with zero attached hydrogens (tertiary/aromatic N) is 2. The van der Waals surface area contributed by atoms with Crippen molar-refractivity contribution in [1.29, 1.82) is 0 Å². The maximum absolute atomic E-state index is 12.2. The Kier molecular flexibility index (Phi) is 5.58. The van der Waals surface area contributed by atoms with E-state index in [-0.39, 0.29) is 11.0 Å². The molecule has 1 aromatic heterocycles. The van der Waals surface area contributed by atoms with Crippen LogP contribution in [0, 0.1) is 3.95 Å². The van der Waals surface area contributed by atoms with Crippen LogP contribution < -0.4 is 11.1 Å². The minimum Gasteiger partial charge on any atom is -0.399 e. The number of carbonyl (C=O) groups excluding carboxylic acids is 1. The summed E-state index contributed by atoms with van der Waals surface area (Å²) in [5.74, 6) is -0.0973. The molecule has 6 nitrogen and oxygen atoms in total. The van der Waals surface area contributed by atoms with E-state index in [0.29, 0.717) is 27.6 Å². The number of amides is 1. The Balaban J connectivity index is 1.90. The summed E-state index contributed by atoms with van der Waals surface area (Å²) in [6.07, 6.45) is 0.891. The van der Waals surface area contributed by atoms with E-state index < -0.39 is 0 Å². The number of benzene rings is 1. The number of nitrogens with one attached hydrogen (secondary N) is 2. The van der Waals surface area contributed by atoms with E-state index in [9.17, 15) is 4.79 Å². The van der Waals surface area contributed by atoms with Gasteiger partial charge in [0, 0.05) is 19.2 Å². The number of rotatable bonds is 4. The Bertz CT molecular complexity index is 739. The second-order valence-corrected chi connectivity index (χ2v) is 6.55. The molecule has 116 valence electrons. The predicted octanol–water partition coefficient (Wildman–Crippen LogP) is 2.57. The minimum absolute atomic E-state index is 0.0973. The number of H-pyrrole nitrogens is 1. The largest absolute Gasteiger partial charge is 0.399 e. The second-order valence-electron chi connectivity index (χ2n) is 4.50. The van der Waals surface area contributed by atoms with E-state index in [1.165, 1.54) is 16.2 Å². The third kappa shape index (κ3) is 4.33. The first-order valence-electron chi connectivity index (χ1n) is 6.44. The van der Waals surface area contributed by atoms with E-state index in [1.54, 1.807) is 7.05 Å². The zero-order chi connectivity index (χ0) is 16.1. The van der Waals surface area contributed by atoms with Gasteiger partial charge in [-0.05, 0) is 42.5 Å². The van der Waals surface area contributed by atoms with E-state index in [4.69, 9.17) is 30.2 Å². The number of hydrogen-bond donors (Lipinski definition) is 3. The van der Waals surface area contributed by atoms with Crippen molar-refractivity contribution >= 4 is 57.6 Å². The van der Waals surface area contributed by atoms with Crippen molar-refractivity contribution in [1.82, 2.24) is 15.1 Å². The maximum Gasteiger partial charge on any atom is 0.228 e. The number of carbonyl (C=O) groups is 1. The highest BCUT2D eigenvalue weighted by atomic mass is 32.1. The fraction of sp³-hybridized carbons (Fsp3) is 0.231. The van der Waals surface area contributed by atoms with Crippen LogP contribution in [-0.4, -0.2) is 33.2 Å². The molecule has 2 aromatic rings. The normalized spacial score (nSPS) is 10.2. The smallest absolute Gasteiger partial charge is 0.228 e. The molecule has 0 aliphatic carbocycles. The summed E-state index contributed by atoms with van der Waals surface area (Å²) in [5.41, 5.74) is 7.51. The van der Waals surface area contributed by atoms with Gasteiger partial charge in [-0.3, -0.25) is 14.8 Å². The highest BCUT2D eigenvalue weighted by Gasteiger charge is 2.15. The van der Waals surface area contributed by atoms with Crippen LogP contribution in [-0.2, 0) is 11.2 Å². The molecule has 0 spiro atoms.